The van der Waals surface area contributed by atoms with Crippen molar-refractivity contribution < 1.29 is 9.53 Å². The second-order valence-corrected chi connectivity index (χ2v) is 7.01. The molecule has 1 N–H and O–H groups in total. The molecule has 0 spiro atoms. The van der Waals surface area contributed by atoms with Gasteiger partial charge in [-0.2, -0.15) is 0 Å². The highest BCUT2D eigenvalue weighted by molar-refractivity contribution is 5.80. The lowest BCUT2D eigenvalue weighted by atomic mass is 9.84. The molecule has 1 amide bonds. The van der Waals surface area contributed by atoms with E-state index in [9.17, 15) is 9.59 Å². The van der Waals surface area contributed by atoms with Crippen molar-refractivity contribution in [2.75, 3.05) is 13.2 Å². The molecule has 0 bridgehead atoms. The van der Waals surface area contributed by atoms with E-state index in [0.717, 1.165) is 38.7 Å². The topological polar surface area (TPSA) is 75.3 Å². The van der Waals surface area contributed by atoms with E-state index in [1.54, 1.807) is 6.07 Å². The Balaban J connectivity index is 1.58. The summed E-state index contributed by atoms with van der Waals surface area (Å²) in [6.07, 6.45) is 5.16. The van der Waals surface area contributed by atoms with Gasteiger partial charge in [-0.25, -0.2) is 4.98 Å². The van der Waals surface area contributed by atoms with E-state index in [0.29, 0.717) is 29.8 Å². The van der Waals surface area contributed by atoms with E-state index in [1.165, 1.54) is 0 Å². The molecule has 2 heterocycles. The molecule has 6 heteroatoms. The van der Waals surface area contributed by atoms with Gasteiger partial charge >= 0.3 is 0 Å². The molecule has 1 aromatic carbocycles. The third-order valence-electron chi connectivity index (χ3n) is 5.22. The van der Waals surface area contributed by atoms with Crippen molar-refractivity contribution in [1.82, 2.24) is 14.9 Å². The van der Waals surface area contributed by atoms with Crippen LogP contribution < -0.4 is 5.56 Å². The number of carbonyl (C=O) groups excluding carboxylic acids is 1. The average molecular weight is 341 g/mol. The summed E-state index contributed by atoms with van der Waals surface area (Å²) >= 11 is 0. The number of nitrogens with zero attached hydrogens (tertiary/aromatic N) is 2. The van der Waals surface area contributed by atoms with Gasteiger partial charge in [-0.3, -0.25) is 9.59 Å². The maximum atomic E-state index is 12.8. The molecule has 1 aromatic heterocycles. The predicted molar refractivity (Wildman–Crippen MR) is 94.1 cm³/mol. The minimum Gasteiger partial charge on any atom is -0.376 e. The molecule has 2 aromatic rings. The van der Waals surface area contributed by atoms with Crippen LogP contribution in [-0.2, 0) is 16.1 Å². The molecule has 1 saturated heterocycles. The molecule has 2 aliphatic rings. The first-order chi connectivity index (χ1) is 12.2. The fraction of sp³-hybridized carbons (Fsp3) is 0.526. The van der Waals surface area contributed by atoms with Crippen molar-refractivity contribution in [2.45, 2.75) is 44.8 Å². The van der Waals surface area contributed by atoms with Gasteiger partial charge in [0.15, 0.2) is 0 Å². The number of amides is 1. The van der Waals surface area contributed by atoms with Crippen LogP contribution in [0, 0.1) is 5.92 Å². The third-order valence-corrected chi connectivity index (χ3v) is 5.22. The van der Waals surface area contributed by atoms with Crippen LogP contribution in [0.2, 0.25) is 0 Å². The van der Waals surface area contributed by atoms with Crippen molar-refractivity contribution in [3.05, 3.63) is 40.4 Å². The number of hydrogen-bond donors (Lipinski definition) is 1. The predicted octanol–water partition coefficient (Wildman–Crippen LogP) is 2.23. The molecular weight excluding hydrogens is 318 g/mol. The molecule has 132 valence electrons. The number of nitrogens with one attached hydrogen (secondary N) is 1. The zero-order valence-corrected chi connectivity index (χ0v) is 14.2. The molecule has 0 unspecified atom stereocenters. The number of aromatic amines is 1. The van der Waals surface area contributed by atoms with Gasteiger partial charge in [0.1, 0.15) is 5.82 Å². The van der Waals surface area contributed by atoms with Crippen molar-refractivity contribution in [2.24, 2.45) is 5.92 Å². The molecule has 2 fully saturated rings. The number of rotatable bonds is 5. The monoisotopic (exact) mass is 341 g/mol. The first-order valence-corrected chi connectivity index (χ1v) is 9.09. The van der Waals surface area contributed by atoms with Crippen molar-refractivity contribution >= 4 is 16.8 Å². The lowest BCUT2D eigenvalue weighted by molar-refractivity contribution is -0.140. The van der Waals surface area contributed by atoms with E-state index in [-0.39, 0.29) is 23.5 Å². The lowest BCUT2D eigenvalue weighted by Crippen LogP contribution is -2.42. The Kier molecular flexibility index (Phi) is 4.53. The molecule has 6 nitrogen and oxygen atoms in total. The maximum absolute atomic E-state index is 12.8. The molecule has 1 aliphatic carbocycles. The Morgan fingerprint density at radius 3 is 2.80 bits per heavy atom. The zero-order chi connectivity index (χ0) is 17.2. The molecule has 0 radical (unpaired) electrons. The van der Waals surface area contributed by atoms with E-state index in [4.69, 9.17) is 4.74 Å². The summed E-state index contributed by atoms with van der Waals surface area (Å²) in [5.41, 5.74) is 0.503. The van der Waals surface area contributed by atoms with Gasteiger partial charge in [0.2, 0.25) is 5.91 Å². The van der Waals surface area contributed by atoms with Gasteiger partial charge in [0.25, 0.3) is 5.56 Å². The van der Waals surface area contributed by atoms with Gasteiger partial charge < -0.3 is 14.6 Å². The largest absolute Gasteiger partial charge is 0.376 e. The number of hydrogen-bond acceptors (Lipinski definition) is 4. The number of aromatic nitrogens is 2. The van der Waals surface area contributed by atoms with Crippen LogP contribution in [-0.4, -0.2) is 40.0 Å². The number of H-pyrrole nitrogens is 1. The van der Waals surface area contributed by atoms with Crippen molar-refractivity contribution in [3.8, 4) is 0 Å². The summed E-state index contributed by atoms with van der Waals surface area (Å²) in [7, 11) is 0. The Morgan fingerprint density at radius 2 is 2.08 bits per heavy atom. The Hall–Kier alpha value is -2.21. The van der Waals surface area contributed by atoms with Crippen LogP contribution >= 0.6 is 0 Å². The fourth-order valence-electron chi connectivity index (χ4n) is 3.57. The summed E-state index contributed by atoms with van der Waals surface area (Å²) in [4.78, 5) is 34.3. The zero-order valence-electron chi connectivity index (χ0n) is 14.2. The summed E-state index contributed by atoms with van der Waals surface area (Å²) in [5.74, 6) is 0.820. The second-order valence-electron chi connectivity index (χ2n) is 7.01. The van der Waals surface area contributed by atoms with E-state index in [2.05, 4.69) is 9.97 Å². The second kappa shape index (κ2) is 6.96. The number of para-hydroxylation sites is 1. The first-order valence-electron chi connectivity index (χ1n) is 9.09. The van der Waals surface area contributed by atoms with Crippen LogP contribution in [0.5, 0.6) is 0 Å². The highest BCUT2D eigenvalue weighted by Gasteiger charge is 2.32. The van der Waals surface area contributed by atoms with Gasteiger partial charge in [-0.15, -0.1) is 0 Å². The number of ether oxygens (including phenoxy) is 1. The van der Waals surface area contributed by atoms with Gasteiger partial charge in [-0.05, 0) is 37.8 Å². The Morgan fingerprint density at radius 1 is 1.24 bits per heavy atom. The SMILES string of the molecule is O=C(C1CCC1)N(Cc1nc2ccccc2c(=O)[nH]1)C[C@@H]1CCCO1. The fourth-order valence-corrected chi connectivity index (χ4v) is 3.57. The molecular formula is C19H23N3O3. The van der Waals surface area contributed by atoms with Gasteiger partial charge in [0, 0.05) is 19.1 Å². The van der Waals surface area contributed by atoms with Crippen LogP contribution in [0.3, 0.4) is 0 Å². The first kappa shape index (κ1) is 16.3. The highest BCUT2D eigenvalue weighted by atomic mass is 16.5. The Labute approximate surface area is 146 Å². The van der Waals surface area contributed by atoms with Gasteiger partial charge in [0.05, 0.1) is 23.6 Å². The smallest absolute Gasteiger partial charge is 0.258 e. The quantitative estimate of drug-likeness (QED) is 0.905. The number of benzene rings is 1. The lowest BCUT2D eigenvalue weighted by Gasteiger charge is -2.32. The molecule has 1 atom stereocenters. The van der Waals surface area contributed by atoms with Crippen molar-refractivity contribution in [3.63, 3.8) is 0 Å². The Bertz CT molecular complexity index is 822. The van der Waals surface area contributed by atoms with Crippen LogP contribution in [0.4, 0.5) is 0 Å². The molecule has 1 saturated carbocycles. The highest BCUT2D eigenvalue weighted by Crippen LogP contribution is 2.29. The van der Waals surface area contributed by atoms with Crippen LogP contribution in [0.15, 0.2) is 29.1 Å². The van der Waals surface area contributed by atoms with Crippen LogP contribution in [0.25, 0.3) is 10.9 Å². The molecule has 25 heavy (non-hydrogen) atoms. The van der Waals surface area contributed by atoms with E-state index < -0.39 is 0 Å². The van der Waals surface area contributed by atoms with Gasteiger partial charge in [-0.1, -0.05) is 18.6 Å². The normalized spacial score (nSPS) is 20.6. The summed E-state index contributed by atoms with van der Waals surface area (Å²) in [5, 5.41) is 0.572. The molecule has 4 rings (SSSR count). The number of carbonyl (C=O) groups is 1. The number of fused-ring (bicyclic) bond motifs is 1. The standard InChI is InChI=1S/C19H23N3O3/c23-18-15-8-1-2-9-16(15)20-17(21-18)12-22(11-14-7-4-10-25-14)19(24)13-5-3-6-13/h1-2,8-9,13-14H,3-7,10-12H2,(H,20,21,23)/t14-/m0/s1. The molecule has 1 aliphatic heterocycles. The average Bonchev–Trinajstić information content (AvgIpc) is 3.06. The minimum absolute atomic E-state index is 0.0937. The van der Waals surface area contributed by atoms with Crippen molar-refractivity contribution in [1.29, 1.82) is 0 Å². The van der Waals surface area contributed by atoms with E-state index in [1.807, 2.05) is 23.1 Å². The minimum atomic E-state index is -0.159. The summed E-state index contributed by atoms with van der Waals surface area (Å²) in [6.45, 7) is 1.67. The van der Waals surface area contributed by atoms with Crippen LogP contribution in [0.1, 0.15) is 37.9 Å². The summed E-state index contributed by atoms with van der Waals surface area (Å²) in [6, 6.07) is 7.27. The summed E-state index contributed by atoms with van der Waals surface area (Å²) < 4.78 is 5.71. The maximum Gasteiger partial charge on any atom is 0.258 e. The third kappa shape index (κ3) is 3.44. The van der Waals surface area contributed by atoms with E-state index >= 15 is 0 Å².